The van der Waals surface area contributed by atoms with E-state index in [0.29, 0.717) is 25.0 Å². The summed E-state index contributed by atoms with van der Waals surface area (Å²) < 4.78 is 5.46. The number of nitrogens with zero attached hydrogens (tertiary/aromatic N) is 3. The van der Waals surface area contributed by atoms with Gasteiger partial charge in [-0.05, 0) is 18.8 Å². The minimum absolute atomic E-state index is 0.0431. The highest BCUT2D eigenvalue weighted by molar-refractivity contribution is 5.80. The summed E-state index contributed by atoms with van der Waals surface area (Å²) in [6.45, 7) is 8.67. The molecule has 3 saturated heterocycles. The van der Waals surface area contributed by atoms with Crippen LogP contribution in [0.5, 0.6) is 0 Å². The molecule has 3 aliphatic rings. The molecule has 3 fully saturated rings. The first-order valence-electron chi connectivity index (χ1n) is 9.25. The van der Waals surface area contributed by atoms with E-state index in [1.165, 1.54) is 0 Å². The normalized spacial score (nSPS) is 29.9. The van der Waals surface area contributed by atoms with Crippen LogP contribution in [0.15, 0.2) is 0 Å². The Labute approximate surface area is 144 Å². The molecule has 0 aromatic carbocycles. The van der Waals surface area contributed by atoms with E-state index in [1.54, 1.807) is 4.90 Å². The van der Waals surface area contributed by atoms with Crippen LogP contribution in [0.25, 0.3) is 0 Å². The lowest BCUT2D eigenvalue weighted by molar-refractivity contribution is -0.136. The van der Waals surface area contributed by atoms with Crippen molar-refractivity contribution in [2.45, 2.75) is 32.2 Å². The number of urea groups is 1. The number of amides is 3. The fraction of sp³-hybridized carbons (Fsp3) is 0.882. The predicted octanol–water partition coefficient (Wildman–Crippen LogP) is 0.346. The zero-order valence-corrected chi connectivity index (χ0v) is 14.7. The van der Waals surface area contributed by atoms with E-state index >= 15 is 0 Å². The number of primary amides is 1. The Bertz CT molecular complexity index is 459. The summed E-state index contributed by atoms with van der Waals surface area (Å²) in [5.74, 6) is 0.868. The van der Waals surface area contributed by atoms with Gasteiger partial charge in [0.05, 0.1) is 13.2 Å². The summed E-state index contributed by atoms with van der Waals surface area (Å²) in [5.41, 5.74) is 5.32. The van der Waals surface area contributed by atoms with Crippen molar-refractivity contribution in [3.8, 4) is 0 Å². The topological polar surface area (TPSA) is 79.1 Å². The highest BCUT2D eigenvalue weighted by Gasteiger charge is 2.40. The van der Waals surface area contributed by atoms with Gasteiger partial charge in [0.15, 0.2) is 0 Å². The lowest BCUT2D eigenvalue weighted by Gasteiger charge is -2.35. The molecular weight excluding hydrogens is 308 g/mol. The van der Waals surface area contributed by atoms with Crippen molar-refractivity contribution in [2.75, 3.05) is 52.5 Å². The molecule has 24 heavy (non-hydrogen) atoms. The van der Waals surface area contributed by atoms with Gasteiger partial charge in [-0.2, -0.15) is 0 Å². The Hall–Kier alpha value is -1.34. The van der Waals surface area contributed by atoms with Gasteiger partial charge < -0.3 is 20.3 Å². The van der Waals surface area contributed by atoms with Gasteiger partial charge in [0, 0.05) is 51.2 Å². The van der Waals surface area contributed by atoms with E-state index in [4.69, 9.17) is 10.5 Å². The molecule has 7 nitrogen and oxygen atoms in total. The number of rotatable bonds is 3. The molecule has 0 radical (unpaired) electrons. The maximum Gasteiger partial charge on any atom is 0.314 e. The second-order valence-electron chi connectivity index (χ2n) is 7.23. The summed E-state index contributed by atoms with van der Waals surface area (Å²) in [5, 5.41) is 0. The molecule has 2 N–H and O–H groups in total. The largest absolute Gasteiger partial charge is 0.379 e. The molecule has 0 aromatic rings. The highest BCUT2D eigenvalue weighted by Crippen LogP contribution is 2.29. The average Bonchev–Trinajstić information content (AvgIpc) is 3.06. The Morgan fingerprint density at radius 2 is 1.71 bits per heavy atom. The first-order valence-corrected chi connectivity index (χ1v) is 9.25. The SMILES string of the molecule is CCC1CN(C(=O)C2CCN(C(N)=O)CC2)CC1N1CCOCC1. The summed E-state index contributed by atoms with van der Waals surface area (Å²) in [6, 6.07) is 0.0917. The third-order valence-corrected chi connectivity index (χ3v) is 5.91. The van der Waals surface area contributed by atoms with Crippen LogP contribution < -0.4 is 5.73 Å². The van der Waals surface area contributed by atoms with E-state index < -0.39 is 0 Å². The lowest BCUT2D eigenvalue weighted by Crippen LogP contribution is -2.48. The van der Waals surface area contributed by atoms with Crippen LogP contribution in [0, 0.1) is 11.8 Å². The van der Waals surface area contributed by atoms with Crippen molar-refractivity contribution < 1.29 is 14.3 Å². The van der Waals surface area contributed by atoms with E-state index in [9.17, 15) is 9.59 Å². The van der Waals surface area contributed by atoms with Gasteiger partial charge in [-0.15, -0.1) is 0 Å². The highest BCUT2D eigenvalue weighted by atomic mass is 16.5. The van der Waals surface area contributed by atoms with Crippen molar-refractivity contribution in [2.24, 2.45) is 17.6 Å². The molecule has 3 rings (SSSR count). The van der Waals surface area contributed by atoms with Gasteiger partial charge in [-0.25, -0.2) is 4.79 Å². The Balaban J connectivity index is 1.57. The molecule has 0 spiro atoms. The number of nitrogens with two attached hydrogens (primary N) is 1. The van der Waals surface area contributed by atoms with E-state index in [1.807, 2.05) is 0 Å². The molecule has 0 saturated carbocycles. The van der Waals surface area contributed by atoms with E-state index in [0.717, 1.165) is 58.7 Å². The third kappa shape index (κ3) is 3.67. The molecule has 0 bridgehead atoms. The summed E-state index contributed by atoms with van der Waals surface area (Å²) in [6.07, 6.45) is 2.57. The standard InChI is InChI=1S/C17H30N4O3/c1-2-13-11-21(12-15(13)19-7-9-24-10-8-19)16(22)14-3-5-20(6-4-14)17(18)23/h13-15H,2-12H2,1H3,(H2,18,23). The molecule has 2 atom stereocenters. The minimum Gasteiger partial charge on any atom is -0.379 e. The van der Waals surface area contributed by atoms with Gasteiger partial charge >= 0.3 is 6.03 Å². The Morgan fingerprint density at radius 3 is 2.29 bits per heavy atom. The number of piperidine rings is 1. The number of hydrogen-bond donors (Lipinski definition) is 1. The van der Waals surface area contributed by atoms with Crippen molar-refractivity contribution in [3.05, 3.63) is 0 Å². The van der Waals surface area contributed by atoms with E-state index in [-0.39, 0.29) is 17.9 Å². The maximum absolute atomic E-state index is 12.9. The monoisotopic (exact) mass is 338 g/mol. The molecule has 136 valence electrons. The molecule has 3 amide bonds. The number of hydrogen-bond acceptors (Lipinski definition) is 4. The van der Waals surface area contributed by atoms with Crippen LogP contribution in [0.2, 0.25) is 0 Å². The molecule has 0 aliphatic carbocycles. The lowest BCUT2D eigenvalue weighted by atomic mass is 9.95. The predicted molar refractivity (Wildman–Crippen MR) is 90.4 cm³/mol. The first-order chi connectivity index (χ1) is 11.6. The van der Waals surface area contributed by atoms with E-state index in [2.05, 4.69) is 16.7 Å². The Morgan fingerprint density at radius 1 is 1.04 bits per heavy atom. The van der Waals surface area contributed by atoms with Crippen LogP contribution >= 0.6 is 0 Å². The molecular formula is C17H30N4O3. The fourth-order valence-electron chi connectivity index (χ4n) is 4.36. The minimum atomic E-state index is -0.375. The van der Waals surface area contributed by atoms with Crippen LogP contribution in [0.4, 0.5) is 4.79 Å². The number of carbonyl (C=O) groups is 2. The molecule has 7 heteroatoms. The van der Waals surface area contributed by atoms with Crippen molar-refractivity contribution >= 4 is 11.9 Å². The van der Waals surface area contributed by atoms with Gasteiger partial charge in [0.1, 0.15) is 0 Å². The number of morpholine rings is 1. The molecule has 0 aromatic heterocycles. The van der Waals surface area contributed by atoms with Crippen LogP contribution in [-0.2, 0) is 9.53 Å². The third-order valence-electron chi connectivity index (χ3n) is 5.91. The maximum atomic E-state index is 12.9. The number of carbonyl (C=O) groups excluding carboxylic acids is 2. The summed E-state index contributed by atoms with van der Waals surface area (Å²) in [7, 11) is 0. The Kier molecular flexibility index (Phi) is 5.61. The molecule has 3 aliphatic heterocycles. The molecule has 3 heterocycles. The van der Waals surface area contributed by atoms with Gasteiger partial charge in [-0.1, -0.05) is 13.3 Å². The first kappa shape index (κ1) is 17.5. The zero-order chi connectivity index (χ0) is 17.1. The van der Waals surface area contributed by atoms with Crippen molar-refractivity contribution in [1.82, 2.24) is 14.7 Å². The summed E-state index contributed by atoms with van der Waals surface area (Å²) in [4.78, 5) is 30.3. The van der Waals surface area contributed by atoms with Crippen molar-refractivity contribution in [1.29, 1.82) is 0 Å². The van der Waals surface area contributed by atoms with Crippen LogP contribution in [0.1, 0.15) is 26.2 Å². The van der Waals surface area contributed by atoms with Crippen LogP contribution in [0.3, 0.4) is 0 Å². The quantitative estimate of drug-likeness (QED) is 0.805. The summed E-state index contributed by atoms with van der Waals surface area (Å²) >= 11 is 0. The second kappa shape index (κ2) is 7.70. The number of ether oxygens (including phenoxy) is 1. The zero-order valence-electron chi connectivity index (χ0n) is 14.7. The average molecular weight is 338 g/mol. The van der Waals surface area contributed by atoms with Gasteiger partial charge in [0.25, 0.3) is 0 Å². The second-order valence-corrected chi connectivity index (χ2v) is 7.23. The van der Waals surface area contributed by atoms with Crippen LogP contribution in [-0.4, -0.2) is 85.2 Å². The van der Waals surface area contributed by atoms with Gasteiger partial charge in [-0.3, -0.25) is 9.69 Å². The molecule has 2 unspecified atom stereocenters. The fourth-order valence-corrected chi connectivity index (χ4v) is 4.36. The van der Waals surface area contributed by atoms with Gasteiger partial charge in [0.2, 0.25) is 5.91 Å². The van der Waals surface area contributed by atoms with Crippen molar-refractivity contribution in [3.63, 3.8) is 0 Å². The smallest absolute Gasteiger partial charge is 0.314 e. The number of likely N-dealkylation sites (tertiary alicyclic amines) is 2.